The van der Waals surface area contributed by atoms with Gasteiger partial charge in [0.05, 0.1) is 28.5 Å². The number of hydrogen-bond acceptors (Lipinski definition) is 4. The lowest BCUT2D eigenvalue weighted by molar-refractivity contribution is 0.257. The molecule has 5 nitrogen and oxygen atoms in total. The molecule has 150 valence electrons. The second kappa shape index (κ2) is 9.24. The summed E-state index contributed by atoms with van der Waals surface area (Å²) in [5.41, 5.74) is 1.16. The molecule has 1 aromatic heterocycles. The largest absolute Gasteiger partial charge is 0.286 e. The van der Waals surface area contributed by atoms with Gasteiger partial charge in [-0.3, -0.25) is 9.47 Å². The summed E-state index contributed by atoms with van der Waals surface area (Å²) in [4.78, 5) is 1.92. The number of hydrogen-bond donors (Lipinski definition) is 0. The summed E-state index contributed by atoms with van der Waals surface area (Å²) in [5.74, 6) is -0.0651. The number of aromatic nitrogens is 3. The van der Waals surface area contributed by atoms with Crippen LogP contribution in [-0.2, 0) is 6.67 Å². The Balaban J connectivity index is 2.17. The van der Waals surface area contributed by atoms with Crippen molar-refractivity contribution in [2.24, 2.45) is 0 Å². The average molecular weight is 471 g/mol. The molecular formula is C19H15Cl3FN5S. The third-order valence-electron chi connectivity index (χ3n) is 4.15. The van der Waals surface area contributed by atoms with Crippen LogP contribution < -0.4 is 0 Å². The van der Waals surface area contributed by atoms with Crippen molar-refractivity contribution in [1.29, 1.82) is 5.26 Å². The Labute approximate surface area is 187 Å². The van der Waals surface area contributed by atoms with Gasteiger partial charge in [0.15, 0.2) is 5.82 Å². The molecule has 1 heterocycles. The maximum atomic E-state index is 13.7. The molecule has 0 fully saturated rings. The first-order valence-corrected chi connectivity index (χ1v) is 10.0. The third-order valence-corrected chi connectivity index (χ3v) is 5.38. The van der Waals surface area contributed by atoms with Crippen LogP contribution in [0.4, 0.5) is 4.39 Å². The van der Waals surface area contributed by atoms with E-state index in [4.69, 9.17) is 52.3 Å². The van der Waals surface area contributed by atoms with Gasteiger partial charge in [0.1, 0.15) is 5.82 Å². The number of nitrogens with zero attached hydrogens (tertiary/aromatic N) is 5. The van der Waals surface area contributed by atoms with Gasteiger partial charge >= 0.3 is 0 Å². The van der Waals surface area contributed by atoms with Crippen molar-refractivity contribution in [1.82, 2.24) is 19.2 Å². The highest BCUT2D eigenvalue weighted by Crippen LogP contribution is 2.32. The molecule has 0 aliphatic rings. The van der Waals surface area contributed by atoms with Crippen LogP contribution in [0.25, 0.3) is 17.1 Å². The average Bonchev–Trinajstić information content (AvgIpc) is 2.98. The van der Waals surface area contributed by atoms with Crippen LogP contribution in [0.3, 0.4) is 0 Å². The predicted molar refractivity (Wildman–Crippen MR) is 116 cm³/mol. The normalized spacial score (nSPS) is 11.1. The van der Waals surface area contributed by atoms with E-state index in [0.29, 0.717) is 51.5 Å². The minimum Gasteiger partial charge on any atom is -0.286 e. The number of nitriles is 1. The fourth-order valence-electron chi connectivity index (χ4n) is 2.74. The van der Waals surface area contributed by atoms with E-state index in [9.17, 15) is 4.39 Å². The van der Waals surface area contributed by atoms with Gasteiger partial charge in [-0.05, 0) is 55.7 Å². The van der Waals surface area contributed by atoms with Crippen molar-refractivity contribution >= 4 is 47.0 Å². The highest BCUT2D eigenvalue weighted by molar-refractivity contribution is 7.71. The molecular weight excluding hydrogens is 456 g/mol. The van der Waals surface area contributed by atoms with Gasteiger partial charge in [-0.1, -0.05) is 34.8 Å². The van der Waals surface area contributed by atoms with Crippen molar-refractivity contribution in [3.8, 4) is 23.1 Å². The highest BCUT2D eigenvalue weighted by Gasteiger charge is 2.18. The topological polar surface area (TPSA) is 49.8 Å². The van der Waals surface area contributed by atoms with Crippen molar-refractivity contribution in [2.45, 2.75) is 13.1 Å². The summed E-state index contributed by atoms with van der Waals surface area (Å²) in [5, 5.41) is 14.3. The maximum absolute atomic E-state index is 13.7. The van der Waals surface area contributed by atoms with Crippen LogP contribution in [0.15, 0.2) is 36.4 Å². The van der Waals surface area contributed by atoms with E-state index in [-0.39, 0.29) is 5.02 Å². The Morgan fingerprint density at radius 2 is 1.93 bits per heavy atom. The van der Waals surface area contributed by atoms with E-state index in [1.807, 2.05) is 11.9 Å². The second-order valence-electron chi connectivity index (χ2n) is 6.29. The van der Waals surface area contributed by atoms with Crippen LogP contribution in [-0.4, -0.2) is 32.8 Å². The smallest absolute Gasteiger partial charge is 0.204 e. The Morgan fingerprint density at radius 1 is 1.17 bits per heavy atom. The summed E-state index contributed by atoms with van der Waals surface area (Å²) >= 11 is 24.0. The number of benzene rings is 2. The van der Waals surface area contributed by atoms with Crippen molar-refractivity contribution < 1.29 is 4.39 Å². The standard InChI is InChI=1S/C19H15Cl3FN5S/c1-26(8-2-7-24)11-27-19(29)28(13-4-6-17(23)16(22)10-13)18(25-27)14-5-3-12(20)9-15(14)21/h3-6,9-10H,2,8,11H2,1H3. The fraction of sp³-hybridized carbons (Fsp3) is 0.211. The lowest BCUT2D eigenvalue weighted by Gasteiger charge is -2.14. The monoisotopic (exact) mass is 469 g/mol. The van der Waals surface area contributed by atoms with Crippen molar-refractivity contribution in [3.05, 3.63) is 62.1 Å². The molecule has 0 spiro atoms. The Kier molecular flexibility index (Phi) is 6.93. The third kappa shape index (κ3) is 4.80. The summed E-state index contributed by atoms with van der Waals surface area (Å²) < 4.78 is 17.3. The minimum absolute atomic E-state index is 0.0311. The van der Waals surface area contributed by atoms with Gasteiger partial charge in [-0.15, -0.1) is 5.10 Å². The molecule has 0 N–H and O–H groups in total. The number of halogens is 4. The molecule has 0 bridgehead atoms. The molecule has 2 aromatic carbocycles. The first-order valence-electron chi connectivity index (χ1n) is 8.48. The summed E-state index contributed by atoms with van der Waals surface area (Å²) in [6.45, 7) is 0.922. The van der Waals surface area contributed by atoms with Crippen LogP contribution >= 0.6 is 47.0 Å². The van der Waals surface area contributed by atoms with Gasteiger partial charge in [0.2, 0.25) is 4.77 Å². The van der Waals surface area contributed by atoms with Crippen LogP contribution in [0, 0.1) is 21.9 Å². The Bertz CT molecular complexity index is 1150. The molecule has 0 aliphatic carbocycles. The molecule has 0 radical (unpaired) electrons. The highest BCUT2D eigenvalue weighted by atomic mass is 35.5. The van der Waals surface area contributed by atoms with E-state index in [1.165, 1.54) is 12.1 Å². The van der Waals surface area contributed by atoms with Crippen molar-refractivity contribution in [2.75, 3.05) is 13.6 Å². The van der Waals surface area contributed by atoms with E-state index < -0.39 is 5.82 Å². The lowest BCUT2D eigenvalue weighted by Crippen LogP contribution is -2.23. The van der Waals surface area contributed by atoms with E-state index in [2.05, 4.69) is 11.2 Å². The Hall–Kier alpha value is -1.95. The molecule has 0 aliphatic heterocycles. The van der Waals surface area contributed by atoms with Gasteiger partial charge in [0, 0.05) is 23.6 Å². The lowest BCUT2D eigenvalue weighted by atomic mass is 10.2. The maximum Gasteiger partial charge on any atom is 0.204 e. The SMILES string of the molecule is CN(CCC#N)Cn1nc(-c2ccc(Cl)cc2Cl)n(-c2ccc(F)c(Cl)c2)c1=S. The van der Waals surface area contributed by atoms with Gasteiger partial charge < -0.3 is 0 Å². The first-order chi connectivity index (χ1) is 13.8. The zero-order valence-electron chi connectivity index (χ0n) is 15.2. The van der Waals surface area contributed by atoms with Crippen LogP contribution in [0.2, 0.25) is 15.1 Å². The molecule has 10 heteroatoms. The van der Waals surface area contributed by atoms with Crippen molar-refractivity contribution in [3.63, 3.8) is 0 Å². The van der Waals surface area contributed by atoms with Crippen LogP contribution in [0.1, 0.15) is 6.42 Å². The zero-order valence-corrected chi connectivity index (χ0v) is 18.3. The quantitative estimate of drug-likeness (QED) is 0.416. The molecule has 0 saturated carbocycles. The molecule has 0 atom stereocenters. The van der Waals surface area contributed by atoms with E-state index in [1.54, 1.807) is 33.5 Å². The zero-order chi connectivity index (χ0) is 21.1. The molecule has 3 aromatic rings. The Morgan fingerprint density at radius 3 is 2.59 bits per heavy atom. The molecule has 0 amide bonds. The second-order valence-corrected chi connectivity index (χ2v) is 7.91. The molecule has 29 heavy (non-hydrogen) atoms. The number of rotatable bonds is 6. The van der Waals surface area contributed by atoms with Gasteiger partial charge in [0.25, 0.3) is 0 Å². The molecule has 0 saturated heterocycles. The molecule has 0 unspecified atom stereocenters. The minimum atomic E-state index is -0.531. The summed E-state index contributed by atoms with van der Waals surface area (Å²) in [7, 11) is 1.86. The fourth-order valence-corrected chi connectivity index (χ4v) is 3.70. The van der Waals surface area contributed by atoms with Crippen LogP contribution in [0.5, 0.6) is 0 Å². The van der Waals surface area contributed by atoms with Gasteiger partial charge in [-0.25, -0.2) is 9.07 Å². The molecule has 3 rings (SSSR count). The predicted octanol–water partition coefficient (Wildman–Crippen LogP) is 5.97. The van der Waals surface area contributed by atoms with E-state index in [0.717, 1.165) is 0 Å². The summed E-state index contributed by atoms with van der Waals surface area (Å²) in [6, 6.07) is 11.5. The van der Waals surface area contributed by atoms with E-state index >= 15 is 0 Å². The summed E-state index contributed by atoms with van der Waals surface area (Å²) in [6.07, 6.45) is 0.383. The first kappa shape index (κ1) is 21.8. The van der Waals surface area contributed by atoms with Gasteiger partial charge in [-0.2, -0.15) is 5.26 Å².